The van der Waals surface area contributed by atoms with Crippen LogP contribution in [0.3, 0.4) is 0 Å². The van der Waals surface area contributed by atoms with Crippen molar-refractivity contribution in [3.8, 4) is 0 Å². The van der Waals surface area contributed by atoms with Gasteiger partial charge < -0.3 is 9.47 Å². The molecule has 0 amide bonds. The fourth-order valence-corrected chi connectivity index (χ4v) is 1.75. The van der Waals surface area contributed by atoms with Crippen molar-refractivity contribution in [3.05, 3.63) is 72.6 Å². The lowest BCUT2D eigenvalue weighted by Crippen LogP contribution is -2.07. The molecule has 1 atom stereocenters. The van der Waals surface area contributed by atoms with Crippen LogP contribution in [0.1, 0.15) is 0 Å². The largest absolute Gasteiger partial charge is 0.493 e. The number of hydrogen-bond donors (Lipinski definition) is 0. The van der Waals surface area contributed by atoms with Gasteiger partial charge in [-0.25, -0.2) is 0 Å². The quantitative estimate of drug-likeness (QED) is 0.753. The van der Waals surface area contributed by atoms with Crippen LogP contribution in [0.2, 0.25) is 0 Å². The van der Waals surface area contributed by atoms with Gasteiger partial charge in [-0.1, -0.05) is 54.7 Å². The Morgan fingerprint density at radius 3 is 2.39 bits per heavy atom. The first-order valence-electron chi connectivity index (χ1n) is 6.12. The summed E-state index contributed by atoms with van der Waals surface area (Å²) in [7, 11) is 1.69. The van der Waals surface area contributed by atoms with Crippen molar-refractivity contribution >= 4 is 0 Å². The fraction of sp³-hybridized carbons (Fsp3) is 0.250. The number of ether oxygens (including phenoxy) is 2. The van der Waals surface area contributed by atoms with Gasteiger partial charge >= 0.3 is 0 Å². The third-order valence-corrected chi connectivity index (χ3v) is 2.77. The highest BCUT2D eigenvalue weighted by Gasteiger charge is 2.06. The standard InChI is InChI=1S/C16H18O2/c1-17-15-10-6-7-11-16(12-15)18-13-14-8-4-2-3-5-9-14/h2-12,14-15H,13H2,1H3. The highest BCUT2D eigenvalue weighted by atomic mass is 16.5. The van der Waals surface area contributed by atoms with Gasteiger partial charge in [0, 0.05) is 13.0 Å². The second-order valence-electron chi connectivity index (χ2n) is 4.14. The van der Waals surface area contributed by atoms with Gasteiger partial charge in [-0.3, -0.25) is 0 Å². The molecular weight excluding hydrogens is 224 g/mol. The van der Waals surface area contributed by atoms with E-state index in [9.17, 15) is 0 Å². The minimum atomic E-state index is -0.0168. The Hall–Kier alpha value is -1.80. The maximum Gasteiger partial charge on any atom is 0.118 e. The van der Waals surface area contributed by atoms with Crippen molar-refractivity contribution in [1.82, 2.24) is 0 Å². The molecule has 1 unspecified atom stereocenters. The summed E-state index contributed by atoms with van der Waals surface area (Å²) in [5.74, 6) is 1.16. The zero-order valence-electron chi connectivity index (χ0n) is 10.5. The zero-order valence-corrected chi connectivity index (χ0v) is 10.5. The molecule has 2 aliphatic carbocycles. The molecule has 0 saturated heterocycles. The molecule has 0 bridgehead atoms. The van der Waals surface area contributed by atoms with Crippen LogP contribution in [0.4, 0.5) is 0 Å². The van der Waals surface area contributed by atoms with Crippen LogP contribution >= 0.6 is 0 Å². The van der Waals surface area contributed by atoms with E-state index in [4.69, 9.17) is 9.47 Å². The molecule has 0 aliphatic heterocycles. The van der Waals surface area contributed by atoms with Gasteiger partial charge in [0.2, 0.25) is 0 Å². The fourth-order valence-electron chi connectivity index (χ4n) is 1.75. The lowest BCUT2D eigenvalue weighted by Gasteiger charge is -2.12. The van der Waals surface area contributed by atoms with E-state index in [1.807, 2.05) is 54.7 Å². The minimum Gasteiger partial charge on any atom is -0.493 e. The van der Waals surface area contributed by atoms with E-state index in [2.05, 4.69) is 12.2 Å². The Labute approximate surface area is 108 Å². The Morgan fingerprint density at radius 1 is 0.944 bits per heavy atom. The molecule has 2 heteroatoms. The van der Waals surface area contributed by atoms with Crippen LogP contribution in [0.25, 0.3) is 0 Å². The van der Waals surface area contributed by atoms with E-state index in [0.29, 0.717) is 12.5 Å². The molecule has 0 spiro atoms. The van der Waals surface area contributed by atoms with Gasteiger partial charge in [0.1, 0.15) is 5.76 Å². The second-order valence-corrected chi connectivity index (χ2v) is 4.14. The average Bonchev–Trinajstić information content (AvgIpc) is 2.78. The summed E-state index contributed by atoms with van der Waals surface area (Å²) in [5.41, 5.74) is 0. The molecule has 2 rings (SSSR count). The van der Waals surface area contributed by atoms with Crippen molar-refractivity contribution in [1.29, 1.82) is 0 Å². The van der Waals surface area contributed by atoms with E-state index >= 15 is 0 Å². The molecule has 0 aromatic heterocycles. The Morgan fingerprint density at radius 2 is 1.67 bits per heavy atom. The summed E-state index contributed by atoms with van der Waals surface area (Å²) in [6.45, 7) is 0.640. The van der Waals surface area contributed by atoms with E-state index in [0.717, 1.165) is 5.76 Å². The molecule has 0 radical (unpaired) electrons. The van der Waals surface area contributed by atoms with Gasteiger partial charge in [0.25, 0.3) is 0 Å². The Balaban J connectivity index is 1.91. The van der Waals surface area contributed by atoms with Crippen molar-refractivity contribution in [3.63, 3.8) is 0 Å². The molecule has 0 heterocycles. The number of allylic oxidation sites excluding steroid dienone is 7. The third kappa shape index (κ3) is 3.90. The summed E-state index contributed by atoms with van der Waals surface area (Å²) in [6.07, 6.45) is 22.2. The molecule has 0 aromatic carbocycles. The van der Waals surface area contributed by atoms with Gasteiger partial charge in [0.15, 0.2) is 0 Å². The highest BCUT2D eigenvalue weighted by Crippen LogP contribution is 2.13. The lowest BCUT2D eigenvalue weighted by atomic mass is 10.1. The minimum absolute atomic E-state index is 0.0168. The zero-order chi connectivity index (χ0) is 12.6. The van der Waals surface area contributed by atoms with Crippen molar-refractivity contribution < 1.29 is 9.47 Å². The van der Waals surface area contributed by atoms with E-state index < -0.39 is 0 Å². The van der Waals surface area contributed by atoms with Crippen LogP contribution < -0.4 is 0 Å². The van der Waals surface area contributed by atoms with E-state index in [1.54, 1.807) is 7.11 Å². The Kier molecular flexibility index (Phi) is 4.79. The summed E-state index contributed by atoms with van der Waals surface area (Å²) in [5, 5.41) is 0. The first-order chi connectivity index (χ1) is 8.88. The molecule has 2 aliphatic rings. The monoisotopic (exact) mass is 242 g/mol. The predicted octanol–water partition coefficient (Wildman–Crippen LogP) is 3.33. The van der Waals surface area contributed by atoms with E-state index in [1.165, 1.54) is 0 Å². The molecule has 0 saturated carbocycles. The van der Waals surface area contributed by atoms with Crippen LogP contribution in [-0.4, -0.2) is 19.8 Å². The lowest BCUT2D eigenvalue weighted by molar-refractivity contribution is 0.164. The van der Waals surface area contributed by atoms with Gasteiger partial charge in [-0.2, -0.15) is 0 Å². The van der Waals surface area contributed by atoms with Gasteiger partial charge in [-0.15, -0.1) is 0 Å². The number of hydrogen-bond acceptors (Lipinski definition) is 2. The second kappa shape index (κ2) is 6.82. The number of rotatable bonds is 4. The third-order valence-electron chi connectivity index (χ3n) is 2.77. The van der Waals surface area contributed by atoms with Crippen LogP contribution in [-0.2, 0) is 9.47 Å². The van der Waals surface area contributed by atoms with E-state index in [-0.39, 0.29) is 6.10 Å². The predicted molar refractivity (Wildman–Crippen MR) is 74.0 cm³/mol. The first kappa shape index (κ1) is 12.7. The maximum atomic E-state index is 5.81. The van der Waals surface area contributed by atoms with Crippen molar-refractivity contribution in [2.75, 3.05) is 13.7 Å². The van der Waals surface area contributed by atoms with Crippen molar-refractivity contribution in [2.45, 2.75) is 6.10 Å². The van der Waals surface area contributed by atoms with Crippen LogP contribution in [0.5, 0.6) is 0 Å². The van der Waals surface area contributed by atoms with Gasteiger partial charge in [-0.05, 0) is 12.2 Å². The first-order valence-corrected chi connectivity index (χ1v) is 6.12. The highest BCUT2D eigenvalue weighted by molar-refractivity contribution is 5.26. The molecule has 0 aromatic rings. The molecule has 0 N–H and O–H groups in total. The molecule has 2 nitrogen and oxygen atoms in total. The molecular formula is C16H18O2. The van der Waals surface area contributed by atoms with Gasteiger partial charge in [0.05, 0.1) is 12.7 Å². The Bertz CT molecular complexity index is 420. The summed E-state index contributed by atoms with van der Waals surface area (Å²) >= 11 is 0. The molecule has 18 heavy (non-hydrogen) atoms. The van der Waals surface area contributed by atoms with Crippen molar-refractivity contribution in [2.24, 2.45) is 5.92 Å². The number of methoxy groups -OCH3 is 1. The topological polar surface area (TPSA) is 18.5 Å². The summed E-state index contributed by atoms with van der Waals surface area (Å²) in [4.78, 5) is 0. The molecule has 0 fully saturated rings. The average molecular weight is 242 g/mol. The summed E-state index contributed by atoms with van der Waals surface area (Å²) in [6, 6.07) is 0. The summed E-state index contributed by atoms with van der Waals surface area (Å²) < 4.78 is 11.1. The van der Waals surface area contributed by atoms with Crippen LogP contribution in [0, 0.1) is 5.92 Å². The smallest absolute Gasteiger partial charge is 0.118 e. The van der Waals surface area contributed by atoms with Crippen LogP contribution in [0.15, 0.2) is 72.6 Å². The normalized spacial score (nSPS) is 22.7. The maximum absolute atomic E-state index is 5.81. The SMILES string of the molecule is COC1C=CC=CC(OCC2C=CC=CC=C2)=C1. The molecule has 94 valence electrons.